The van der Waals surface area contributed by atoms with Crippen LogP contribution in [0.2, 0.25) is 0 Å². The van der Waals surface area contributed by atoms with Gasteiger partial charge in [-0.1, -0.05) is 15.9 Å². The third-order valence-corrected chi connectivity index (χ3v) is 2.78. The van der Waals surface area contributed by atoms with Gasteiger partial charge in [-0.15, -0.1) is 0 Å². The van der Waals surface area contributed by atoms with E-state index in [1.165, 1.54) is 0 Å². The fourth-order valence-electron chi connectivity index (χ4n) is 1.56. The molecule has 0 radical (unpaired) electrons. The van der Waals surface area contributed by atoms with Crippen LogP contribution in [0, 0.1) is 0 Å². The first-order chi connectivity index (χ1) is 8.06. The predicted molar refractivity (Wildman–Crippen MR) is 68.8 cm³/mol. The van der Waals surface area contributed by atoms with Crippen molar-refractivity contribution in [1.29, 1.82) is 0 Å². The molecule has 17 heavy (non-hydrogen) atoms. The molecule has 1 aromatic carbocycles. The molecule has 0 unspecified atom stereocenters. The van der Waals surface area contributed by atoms with Crippen molar-refractivity contribution >= 4 is 28.0 Å². The van der Waals surface area contributed by atoms with Crippen LogP contribution in [0.15, 0.2) is 28.2 Å². The van der Waals surface area contributed by atoms with E-state index in [2.05, 4.69) is 15.9 Å². The standard InChI is InChI=1S/C13H13BrO3/c1-8(2)17-13(15)10-5-9-6-11(14)3-4-12(9)16-7-10/h3-6,8H,7H2,1-2H3. The summed E-state index contributed by atoms with van der Waals surface area (Å²) in [6.07, 6.45) is 1.70. The molecule has 1 aliphatic heterocycles. The average molecular weight is 297 g/mol. The van der Waals surface area contributed by atoms with Crippen LogP contribution >= 0.6 is 15.9 Å². The Balaban J connectivity index is 2.25. The minimum absolute atomic E-state index is 0.118. The van der Waals surface area contributed by atoms with Crippen molar-refractivity contribution in [1.82, 2.24) is 0 Å². The van der Waals surface area contributed by atoms with Crippen LogP contribution in [-0.4, -0.2) is 18.7 Å². The molecule has 0 amide bonds. The van der Waals surface area contributed by atoms with Crippen molar-refractivity contribution in [2.45, 2.75) is 20.0 Å². The summed E-state index contributed by atoms with van der Waals surface area (Å²) in [5, 5.41) is 0. The normalized spacial score (nSPS) is 13.8. The first-order valence-electron chi connectivity index (χ1n) is 5.40. The molecule has 0 bridgehead atoms. The van der Waals surface area contributed by atoms with E-state index in [1.807, 2.05) is 38.1 Å². The van der Waals surface area contributed by atoms with Crippen molar-refractivity contribution < 1.29 is 14.3 Å². The van der Waals surface area contributed by atoms with Crippen molar-refractivity contribution in [2.75, 3.05) is 6.61 Å². The van der Waals surface area contributed by atoms with Gasteiger partial charge in [0.05, 0.1) is 11.7 Å². The molecule has 90 valence electrons. The molecule has 0 aromatic heterocycles. The van der Waals surface area contributed by atoms with Crippen LogP contribution in [0.25, 0.3) is 6.08 Å². The molecular formula is C13H13BrO3. The largest absolute Gasteiger partial charge is 0.488 e. The molecular weight excluding hydrogens is 284 g/mol. The van der Waals surface area contributed by atoms with Gasteiger partial charge in [0.15, 0.2) is 0 Å². The Morgan fingerprint density at radius 2 is 2.24 bits per heavy atom. The zero-order chi connectivity index (χ0) is 12.4. The van der Waals surface area contributed by atoms with Gasteiger partial charge in [-0.3, -0.25) is 0 Å². The van der Waals surface area contributed by atoms with E-state index >= 15 is 0 Å². The second-order valence-electron chi connectivity index (χ2n) is 4.09. The van der Waals surface area contributed by atoms with E-state index in [1.54, 1.807) is 0 Å². The minimum Gasteiger partial charge on any atom is -0.488 e. The topological polar surface area (TPSA) is 35.5 Å². The smallest absolute Gasteiger partial charge is 0.337 e. The maximum absolute atomic E-state index is 11.7. The molecule has 2 rings (SSSR count). The summed E-state index contributed by atoms with van der Waals surface area (Å²) in [6, 6.07) is 5.70. The highest BCUT2D eigenvalue weighted by atomic mass is 79.9. The van der Waals surface area contributed by atoms with Gasteiger partial charge in [-0.05, 0) is 38.1 Å². The van der Waals surface area contributed by atoms with Crippen molar-refractivity contribution in [3.05, 3.63) is 33.8 Å². The second-order valence-corrected chi connectivity index (χ2v) is 5.01. The third-order valence-electron chi connectivity index (χ3n) is 2.29. The maximum atomic E-state index is 11.7. The molecule has 0 fully saturated rings. The Morgan fingerprint density at radius 1 is 1.47 bits per heavy atom. The van der Waals surface area contributed by atoms with E-state index in [0.717, 1.165) is 15.8 Å². The number of carbonyl (C=O) groups is 1. The molecule has 3 nitrogen and oxygen atoms in total. The van der Waals surface area contributed by atoms with Crippen molar-refractivity contribution in [2.24, 2.45) is 0 Å². The van der Waals surface area contributed by atoms with Gasteiger partial charge in [0.2, 0.25) is 0 Å². The second kappa shape index (κ2) is 4.92. The molecule has 1 aromatic rings. The molecule has 4 heteroatoms. The number of hydrogen-bond acceptors (Lipinski definition) is 3. The molecule has 1 heterocycles. The Labute approximate surface area is 109 Å². The SMILES string of the molecule is CC(C)OC(=O)C1=Cc2cc(Br)ccc2OC1. The third kappa shape index (κ3) is 2.88. The van der Waals surface area contributed by atoms with Crippen LogP contribution in [0.5, 0.6) is 5.75 Å². The fraction of sp³-hybridized carbons (Fsp3) is 0.308. The quantitative estimate of drug-likeness (QED) is 0.787. The van der Waals surface area contributed by atoms with Crippen molar-refractivity contribution in [3.63, 3.8) is 0 Å². The lowest BCUT2D eigenvalue weighted by atomic mass is 10.1. The van der Waals surface area contributed by atoms with E-state index in [0.29, 0.717) is 5.57 Å². The van der Waals surface area contributed by atoms with Crippen LogP contribution in [-0.2, 0) is 9.53 Å². The summed E-state index contributed by atoms with van der Waals surface area (Å²) in [4.78, 5) is 11.7. The highest BCUT2D eigenvalue weighted by Gasteiger charge is 2.19. The molecule has 0 saturated heterocycles. The molecule has 0 N–H and O–H groups in total. The van der Waals surface area contributed by atoms with E-state index in [4.69, 9.17) is 9.47 Å². The molecule has 0 atom stereocenters. The van der Waals surface area contributed by atoms with Crippen LogP contribution in [0.3, 0.4) is 0 Å². The molecule has 0 saturated carbocycles. The fourth-order valence-corrected chi connectivity index (χ4v) is 1.93. The summed E-state index contributed by atoms with van der Waals surface area (Å²) in [7, 11) is 0. The average Bonchev–Trinajstić information content (AvgIpc) is 2.27. The number of esters is 1. The lowest BCUT2D eigenvalue weighted by molar-refractivity contribution is -0.142. The molecule has 1 aliphatic rings. The molecule has 0 aliphatic carbocycles. The number of fused-ring (bicyclic) bond motifs is 1. The van der Waals surface area contributed by atoms with Crippen LogP contribution in [0.4, 0.5) is 0 Å². The summed E-state index contributed by atoms with van der Waals surface area (Å²) >= 11 is 3.39. The maximum Gasteiger partial charge on any atom is 0.337 e. The highest BCUT2D eigenvalue weighted by molar-refractivity contribution is 9.10. The predicted octanol–water partition coefficient (Wildman–Crippen LogP) is 3.18. The van der Waals surface area contributed by atoms with E-state index in [9.17, 15) is 4.79 Å². The van der Waals surface area contributed by atoms with Gasteiger partial charge in [0, 0.05) is 10.0 Å². The number of rotatable bonds is 2. The Morgan fingerprint density at radius 3 is 2.94 bits per heavy atom. The first-order valence-corrected chi connectivity index (χ1v) is 6.19. The summed E-state index contributed by atoms with van der Waals surface area (Å²) in [5.41, 5.74) is 1.44. The summed E-state index contributed by atoms with van der Waals surface area (Å²) in [6.45, 7) is 3.92. The first kappa shape index (κ1) is 12.2. The Hall–Kier alpha value is -1.29. The van der Waals surface area contributed by atoms with Gasteiger partial charge < -0.3 is 9.47 Å². The zero-order valence-electron chi connectivity index (χ0n) is 9.70. The molecule has 0 spiro atoms. The van der Waals surface area contributed by atoms with Gasteiger partial charge in [-0.2, -0.15) is 0 Å². The van der Waals surface area contributed by atoms with Gasteiger partial charge in [0.1, 0.15) is 12.4 Å². The summed E-state index contributed by atoms with van der Waals surface area (Å²) in [5.74, 6) is 0.472. The monoisotopic (exact) mass is 296 g/mol. The number of carbonyl (C=O) groups excluding carboxylic acids is 1. The lowest BCUT2D eigenvalue weighted by Gasteiger charge is -2.18. The summed E-state index contributed by atoms with van der Waals surface area (Å²) < 4.78 is 11.6. The van der Waals surface area contributed by atoms with E-state index < -0.39 is 0 Å². The lowest BCUT2D eigenvalue weighted by Crippen LogP contribution is -2.20. The van der Waals surface area contributed by atoms with Gasteiger partial charge >= 0.3 is 5.97 Å². The van der Waals surface area contributed by atoms with Crippen LogP contribution in [0.1, 0.15) is 19.4 Å². The number of benzene rings is 1. The minimum atomic E-state index is -0.314. The Bertz CT molecular complexity index is 478. The number of ether oxygens (including phenoxy) is 2. The highest BCUT2D eigenvalue weighted by Crippen LogP contribution is 2.29. The zero-order valence-corrected chi connectivity index (χ0v) is 11.3. The Kier molecular flexibility index (Phi) is 3.52. The van der Waals surface area contributed by atoms with Gasteiger partial charge in [-0.25, -0.2) is 4.79 Å². The van der Waals surface area contributed by atoms with Crippen molar-refractivity contribution in [3.8, 4) is 5.75 Å². The van der Waals surface area contributed by atoms with E-state index in [-0.39, 0.29) is 18.7 Å². The number of hydrogen-bond donors (Lipinski definition) is 0. The number of halogens is 1. The van der Waals surface area contributed by atoms with Crippen LogP contribution < -0.4 is 4.74 Å². The van der Waals surface area contributed by atoms with Gasteiger partial charge in [0.25, 0.3) is 0 Å².